The van der Waals surface area contributed by atoms with E-state index >= 15 is 0 Å². The molecule has 0 aromatic rings. The first-order chi connectivity index (χ1) is 4.92. The maximum absolute atomic E-state index is 11.4. The summed E-state index contributed by atoms with van der Waals surface area (Å²) in [5.74, 6) is 0. The van der Waals surface area contributed by atoms with Gasteiger partial charge in [-0.05, 0) is 6.08 Å². The minimum absolute atomic E-state index is 0.656. The molecule has 2 nitrogen and oxygen atoms in total. The summed E-state index contributed by atoms with van der Waals surface area (Å²) in [6.45, 7) is 0. The fourth-order valence-corrected chi connectivity index (χ4v) is 0.349. The van der Waals surface area contributed by atoms with Crippen molar-refractivity contribution in [3.63, 3.8) is 0 Å². The van der Waals surface area contributed by atoms with E-state index in [9.17, 15) is 18.0 Å². The number of hydrogen-bond acceptors (Lipinski definition) is 2. The van der Waals surface area contributed by atoms with Crippen molar-refractivity contribution in [1.29, 1.82) is 0 Å². The zero-order valence-electron chi connectivity index (χ0n) is 5.26. The number of carbonyl (C=O) groups excluding carboxylic acids is 1. The maximum atomic E-state index is 11.4. The van der Waals surface area contributed by atoms with Gasteiger partial charge < -0.3 is 4.74 Å². The van der Waals surface area contributed by atoms with E-state index < -0.39 is 17.9 Å². The summed E-state index contributed by atoms with van der Waals surface area (Å²) in [5.41, 5.74) is 0. The molecule has 0 fully saturated rings. The van der Waals surface area contributed by atoms with Crippen LogP contribution in [-0.2, 0) is 4.74 Å². The Labute approximate surface area is 66.4 Å². The monoisotopic (exact) mass is 186 g/mol. The first-order valence-electron chi connectivity index (χ1n) is 2.53. The Morgan fingerprint density at radius 2 is 2.09 bits per heavy atom. The van der Waals surface area contributed by atoms with Gasteiger partial charge >= 0.3 is 11.5 Å². The van der Waals surface area contributed by atoms with Gasteiger partial charge in [-0.2, -0.15) is 13.2 Å². The molecule has 0 N–H and O–H groups in total. The molecule has 0 rings (SSSR count). The Morgan fingerprint density at radius 3 is 2.45 bits per heavy atom. The molecule has 0 aliphatic rings. The van der Waals surface area contributed by atoms with Crippen molar-refractivity contribution in [2.24, 2.45) is 0 Å². The summed E-state index contributed by atoms with van der Waals surface area (Å²) < 4.78 is 38.1. The van der Waals surface area contributed by atoms with E-state index in [0.717, 1.165) is 0 Å². The van der Waals surface area contributed by atoms with Gasteiger partial charge in [0.1, 0.15) is 0 Å². The van der Waals surface area contributed by atoms with Gasteiger partial charge in [-0.15, -0.1) is 0 Å². The zero-order valence-corrected chi connectivity index (χ0v) is 6.15. The molecule has 0 aromatic carbocycles. The second-order valence-corrected chi connectivity index (χ2v) is 1.94. The predicted molar refractivity (Wildman–Crippen MR) is 35.3 cm³/mol. The molecule has 0 aliphatic heterocycles. The molecule has 0 spiro atoms. The Morgan fingerprint density at radius 1 is 1.55 bits per heavy atom. The van der Waals surface area contributed by atoms with Crippen molar-refractivity contribution in [3.8, 4) is 0 Å². The van der Waals surface area contributed by atoms with Gasteiger partial charge in [0.15, 0.2) is 0 Å². The van der Waals surface area contributed by atoms with Crippen molar-refractivity contribution < 1.29 is 22.7 Å². The Kier molecular flexibility index (Phi) is 4.02. The minimum Gasteiger partial charge on any atom is -0.427 e. The van der Waals surface area contributed by atoms with Gasteiger partial charge in [-0.3, -0.25) is 0 Å². The minimum atomic E-state index is -4.26. The van der Waals surface area contributed by atoms with E-state index in [0.29, 0.717) is 12.3 Å². The van der Waals surface area contributed by atoms with E-state index in [-0.39, 0.29) is 0 Å². The highest BCUT2D eigenvalue weighted by atomic mass is 32.1. The van der Waals surface area contributed by atoms with E-state index in [1.54, 1.807) is 0 Å². The van der Waals surface area contributed by atoms with Crippen LogP contribution in [0.3, 0.4) is 0 Å². The molecule has 0 radical (unpaired) electrons. The van der Waals surface area contributed by atoms with E-state index in [2.05, 4.69) is 17.4 Å². The molecule has 0 unspecified atom stereocenters. The van der Waals surface area contributed by atoms with Crippen LogP contribution in [0.1, 0.15) is 6.42 Å². The molecule has 0 atom stereocenters. The first-order valence-corrected chi connectivity index (χ1v) is 2.98. The highest BCUT2D eigenvalue weighted by Crippen LogP contribution is 2.19. The van der Waals surface area contributed by atoms with Gasteiger partial charge in [-0.25, -0.2) is 4.79 Å². The smallest absolute Gasteiger partial charge is 0.392 e. The van der Waals surface area contributed by atoms with Crippen LogP contribution in [0.15, 0.2) is 12.3 Å². The van der Waals surface area contributed by atoms with Gasteiger partial charge in [0, 0.05) is 0 Å². The van der Waals surface area contributed by atoms with Gasteiger partial charge in [0.05, 0.1) is 12.7 Å². The van der Waals surface area contributed by atoms with Gasteiger partial charge in [0.2, 0.25) is 0 Å². The highest BCUT2D eigenvalue weighted by Gasteiger charge is 2.24. The lowest BCUT2D eigenvalue weighted by Gasteiger charge is -1.99. The molecule has 0 aliphatic carbocycles. The predicted octanol–water partition coefficient (Wildman–Crippen LogP) is 2.52. The fourth-order valence-electron chi connectivity index (χ4n) is 0.288. The van der Waals surface area contributed by atoms with Crippen molar-refractivity contribution in [1.82, 2.24) is 0 Å². The van der Waals surface area contributed by atoms with Crippen LogP contribution in [0.4, 0.5) is 18.0 Å². The quantitative estimate of drug-likeness (QED) is 0.407. The number of thiol groups is 1. The summed E-state index contributed by atoms with van der Waals surface area (Å²) >= 11 is 3.15. The Hall–Kier alpha value is -0.650. The topological polar surface area (TPSA) is 26.3 Å². The van der Waals surface area contributed by atoms with Crippen LogP contribution < -0.4 is 0 Å². The fraction of sp³-hybridized carbons (Fsp3) is 0.400. The molecular formula is C5H5F3O2S. The number of rotatable bonds is 2. The molecule has 0 aromatic heterocycles. The second-order valence-electron chi connectivity index (χ2n) is 1.57. The molecule has 64 valence electrons. The number of allylic oxidation sites excluding steroid dienone is 1. The molecule has 0 bridgehead atoms. The average molecular weight is 186 g/mol. The summed E-state index contributed by atoms with van der Waals surface area (Å²) in [7, 11) is 0. The van der Waals surface area contributed by atoms with E-state index in [4.69, 9.17) is 0 Å². The van der Waals surface area contributed by atoms with Crippen LogP contribution in [0.2, 0.25) is 0 Å². The summed E-state index contributed by atoms with van der Waals surface area (Å²) in [4.78, 5) is 9.88. The molecule has 11 heavy (non-hydrogen) atoms. The second kappa shape index (κ2) is 4.27. The van der Waals surface area contributed by atoms with Crippen LogP contribution in [-0.4, -0.2) is 11.5 Å². The van der Waals surface area contributed by atoms with Crippen molar-refractivity contribution >= 4 is 17.9 Å². The maximum Gasteiger partial charge on any atom is 0.392 e. The van der Waals surface area contributed by atoms with Crippen LogP contribution in [0.5, 0.6) is 0 Å². The third-order valence-electron chi connectivity index (χ3n) is 0.614. The SMILES string of the molecule is O=C(S)OC=CCC(F)(F)F. The summed E-state index contributed by atoms with van der Waals surface area (Å²) in [6, 6.07) is 0. The molecule has 0 heterocycles. The lowest BCUT2D eigenvalue weighted by Crippen LogP contribution is -2.04. The summed E-state index contributed by atoms with van der Waals surface area (Å²) in [6.07, 6.45) is -4.04. The van der Waals surface area contributed by atoms with Crippen molar-refractivity contribution in [2.45, 2.75) is 12.6 Å². The lowest BCUT2D eigenvalue weighted by molar-refractivity contribution is -0.125. The first kappa shape index (κ1) is 10.3. The molecular weight excluding hydrogens is 181 g/mol. The number of carbonyl (C=O) groups is 1. The normalized spacial score (nSPS) is 12.0. The zero-order chi connectivity index (χ0) is 8.91. The van der Waals surface area contributed by atoms with Crippen molar-refractivity contribution in [3.05, 3.63) is 12.3 Å². The molecule has 0 amide bonds. The number of halogens is 3. The molecule has 6 heteroatoms. The number of alkyl halides is 3. The molecule has 0 saturated carbocycles. The van der Waals surface area contributed by atoms with Crippen LogP contribution in [0, 0.1) is 0 Å². The standard InChI is InChI=1S/C5H5F3O2S/c6-5(7,8)2-1-3-10-4(9)11/h1,3H,2H2,(H,9,11). The Bertz CT molecular complexity index is 164. The third kappa shape index (κ3) is 9.35. The lowest BCUT2D eigenvalue weighted by atomic mass is 10.4. The van der Waals surface area contributed by atoms with Gasteiger partial charge in [0.25, 0.3) is 0 Å². The summed E-state index contributed by atoms with van der Waals surface area (Å²) in [5, 5.41) is -0.941. The third-order valence-corrected chi connectivity index (χ3v) is 0.720. The Balaban J connectivity index is 3.53. The molecule has 0 saturated heterocycles. The number of ether oxygens (including phenoxy) is 1. The van der Waals surface area contributed by atoms with Gasteiger partial charge in [-0.1, -0.05) is 12.6 Å². The number of hydrogen-bond donors (Lipinski definition) is 1. The van der Waals surface area contributed by atoms with E-state index in [1.807, 2.05) is 0 Å². The van der Waals surface area contributed by atoms with E-state index in [1.165, 1.54) is 0 Å². The average Bonchev–Trinajstić information content (AvgIpc) is 1.78. The highest BCUT2D eigenvalue weighted by molar-refractivity contribution is 7.96. The van der Waals surface area contributed by atoms with Crippen LogP contribution in [0.25, 0.3) is 0 Å². The van der Waals surface area contributed by atoms with Crippen LogP contribution >= 0.6 is 12.6 Å². The largest absolute Gasteiger partial charge is 0.427 e. The van der Waals surface area contributed by atoms with Crippen molar-refractivity contribution in [2.75, 3.05) is 0 Å².